The van der Waals surface area contributed by atoms with Gasteiger partial charge in [-0.1, -0.05) is 37.3 Å². The number of anilines is 1. The Labute approximate surface area is 206 Å². The average Bonchev–Trinajstić information content (AvgIpc) is 3.20. The Morgan fingerprint density at radius 2 is 1.61 bits per heavy atom. The summed E-state index contributed by atoms with van der Waals surface area (Å²) in [6.45, 7) is 5.78. The predicted octanol–water partition coefficient (Wildman–Crippen LogP) is 4.35. The van der Waals surface area contributed by atoms with E-state index in [2.05, 4.69) is 9.88 Å². The van der Waals surface area contributed by atoms with Crippen molar-refractivity contribution in [2.24, 2.45) is 0 Å². The molecule has 10 heteroatoms. The first-order valence-corrected chi connectivity index (χ1v) is 13.0. The molecular formula is C23H31ClN4O3S2. The van der Waals surface area contributed by atoms with Gasteiger partial charge in [-0.05, 0) is 63.5 Å². The smallest absolute Gasteiger partial charge is 0.260 e. The fraction of sp³-hybridized carbons (Fsp3) is 0.391. The number of fused-ring (bicyclic) bond motifs is 1. The number of thiazole rings is 1. The van der Waals surface area contributed by atoms with Crippen LogP contribution >= 0.6 is 23.7 Å². The number of aromatic nitrogens is 1. The number of carbonyl (C=O) groups is 1. The number of rotatable bonds is 10. The largest absolute Gasteiger partial charge is 0.309 e. The van der Waals surface area contributed by atoms with Gasteiger partial charge in [0.25, 0.3) is 5.91 Å². The highest BCUT2D eigenvalue weighted by molar-refractivity contribution is 7.89. The van der Waals surface area contributed by atoms with E-state index in [0.717, 1.165) is 23.2 Å². The van der Waals surface area contributed by atoms with E-state index in [4.69, 9.17) is 0 Å². The quantitative estimate of drug-likeness (QED) is 0.405. The van der Waals surface area contributed by atoms with E-state index in [1.807, 2.05) is 52.2 Å². The van der Waals surface area contributed by atoms with Gasteiger partial charge in [0.1, 0.15) is 0 Å². The van der Waals surface area contributed by atoms with Gasteiger partial charge >= 0.3 is 0 Å². The minimum Gasteiger partial charge on any atom is -0.309 e. The topological polar surface area (TPSA) is 73.8 Å². The third kappa shape index (κ3) is 6.30. The van der Waals surface area contributed by atoms with Crippen LogP contribution in [0, 0.1) is 0 Å². The van der Waals surface area contributed by atoms with Crippen LogP contribution < -0.4 is 4.90 Å². The molecule has 33 heavy (non-hydrogen) atoms. The molecule has 0 spiro atoms. The molecule has 2 aromatic carbocycles. The van der Waals surface area contributed by atoms with Crippen molar-refractivity contribution in [3.8, 4) is 0 Å². The van der Waals surface area contributed by atoms with Crippen LogP contribution in [0.4, 0.5) is 5.13 Å². The van der Waals surface area contributed by atoms with Crippen LogP contribution in [0.5, 0.6) is 0 Å². The standard InChI is InChI=1S/C23H30N4O3S2.ClH/c1-5-26(6-2)32(29,30)19-14-12-18(13-15-19)22(28)27(17-9-16-25(3)4)23-24-20-10-7-8-11-21(20)31-23;/h7-8,10-15H,5-6,9,16-17H2,1-4H3;1H. The van der Waals surface area contributed by atoms with Gasteiger partial charge < -0.3 is 4.90 Å². The second kappa shape index (κ2) is 11.9. The number of amides is 1. The van der Waals surface area contributed by atoms with E-state index in [1.165, 1.54) is 27.8 Å². The van der Waals surface area contributed by atoms with Gasteiger partial charge in [0.15, 0.2) is 5.13 Å². The SMILES string of the molecule is CCN(CC)S(=O)(=O)c1ccc(C(=O)N(CCCN(C)C)c2nc3ccccc3s2)cc1.Cl. The molecule has 3 rings (SSSR count). The maximum absolute atomic E-state index is 13.4. The highest BCUT2D eigenvalue weighted by atomic mass is 35.5. The summed E-state index contributed by atoms with van der Waals surface area (Å²) in [5, 5.41) is 0.648. The van der Waals surface area contributed by atoms with Crippen molar-refractivity contribution in [3.05, 3.63) is 54.1 Å². The van der Waals surface area contributed by atoms with E-state index in [-0.39, 0.29) is 23.2 Å². The summed E-state index contributed by atoms with van der Waals surface area (Å²) in [4.78, 5) is 22.1. The predicted molar refractivity (Wildman–Crippen MR) is 138 cm³/mol. The monoisotopic (exact) mass is 510 g/mol. The Hall–Kier alpha value is -2.04. The summed E-state index contributed by atoms with van der Waals surface area (Å²) in [6, 6.07) is 14.0. The van der Waals surface area contributed by atoms with Crippen LogP contribution in [0.25, 0.3) is 10.2 Å². The van der Waals surface area contributed by atoms with Gasteiger partial charge in [0.05, 0.1) is 15.1 Å². The molecule has 0 aliphatic heterocycles. The van der Waals surface area contributed by atoms with E-state index in [0.29, 0.717) is 30.3 Å². The minimum absolute atomic E-state index is 0. The number of hydrogen-bond acceptors (Lipinski definition) is 6. The van der Waals surface area contributed by atoms with Crippen molar-refractivity contribution in [1.29, 1.82) is 0 Å². The average molecular weight is 511 g/mol. The van der Waals surface area contributed by atoms with Crippen molar-refractivity contribution in [2.45, 2.75) is 25.2 Å². The molecule has 1 amide bonds. The first kappa shape index (κ1) is 27.2. The van der Waals surface area contributed by atoms with Gasteiger partial charge in [0.2, 0.25) is 10.0 Å². The third-order valence-corrected chi connectivity index (χ3v) is 8.31. The summed E-state index contributed by atoms with van der Waals surface area (Å²) >= 11 is 1.48. The van der Waals surface area contributed by atoms with Crippen LogP contribution in [0.1, 0.15) is 30.6 Å². The number of sulfonamides is 1. The second-order valence-corrected chi connectivity index (χ2v) is 10.6. The molecule has 0 aliphatic rings. The van der Waals surface area contributed by atoms with Crippen molar-refractivity contribution in [2.75, 3.05) is 45.2 Å². The molecule has 0 bridgehead atoms. The van der Waals surface area contributed by atoms with E-state index >= 15 is 0 Å². The molecule has 3 aromatic rings. The van der Waals surface area contributed by atoms with Crippen LogP contribution in [0.15, 0.2) is 53.4 Å². The van der Waals surface area contributed by atoms with Gasteiger partial charge in [-0.2, -0.15) is 4.31 Å². The fourth-order valence-corrected chi connectivity index (χ4v) is 5.89. The lowest BCUT2D eigenvalue weighted by atomic mass is 10.2. The van der Waals surface area contributed by atoms with Crippen molar-refractivity contribution < 1.29 is 13.2 Å². The Morgan fingerprint density at radius 3 is 2.18 bits per heavy atom. The molecule has 0 radical (unpaired) electrons. The van der Waals surface area contributed by atoms with Gasteiger partial charge in [-0.15, -0.1) is 12.4 Å². The highest BCUT2D eigenvalue weighted by Gasteiger charge is 2.24. The maximum Gasteiger partial charge on any atom is 0.260 e. The van der Waals surface area contributed by atoms with E-state index in [9.17, 15) is 13.2 Å². The Kier molecular flexibility index (Phi) is 9.81. The number of hydrogen-bond donors (Lipinski definition) is 0. The summed E-state index contributed by atoms with van der Waals surface area (Å²) in [6.07, 6.45) is 0.795. The van der Waals surface area contributed by atoms with Gasteiger partial charge in [0, 0.05) is 25.2 Å². The molecular weight excluding hydrogens is 480 g/mol. The Bertz CT molecular complexity index is 1130. The van der Waals surface area contributed by atoms with Crippen LogP contribution in [-0.2, 0) is 10.0 Å². The number of benzene rings is 2. The van der Waals surface area contributed by atoms with Crippen LogP contribution in [0.3, 0.4) is 0 Å². The number of para-hydroxylation sites is 1. The van der Waals surface area contributed by atoms with Crippen LogP contribution in [-0.4, -0.2) is 68.8 Å². The summed E-state index contributed by atoms with van der Waals surface area (Å²) in [7, 11) is 0.433. The number of carbonyl (C=O) groups excluding carboxylic acids is 1. The highest BCUT2D eigenvalue weighted by Crippen LogP contribution is 2.30. The van der Waals surface area contributed by atoms with Crippen molar-refractivity contribution >= 4 is 55.0 Å². The summed E-state index contributed by atoms with van der Waals surface area (Å²) < 4.78 is 27.9. The van der Waals surface area contributed by atoms with Gasteiger partial charge in [-0.25, -0.2) is 13.4 Å². The molecule has 0 aliphatic carbocycles. The number of nitrogens with zero attached hydrogens (tertiary/aromatic N) is 4. The lowest BCUT2D eigenvalue weighted by molar-refractivity contribution is 0.0986. The minimum atomic E-state index is -3.56. The molecule has 180 valence electrons. The third-order valence-electron chi connectivity index (χ3n) is 5.19. The zero-order valence-electron chi connectivity index (χ0n) is 19.4. The Morgan fingerprint density at radius 1 is 0.970 bits per heavy atom. The first-order chi connectivity index (χ1) is 15.3. The zero-order chi connectivity index (χ0) is 23.3. The van der Waals surface area contributed by atoms with Crippen LogP contribution in [0.2, 0.25) is 0 Å². The fourth-order valence-electron chi connectivity index (χ4n) is 3.44. The molecule has 1 aromatic heterocycles. The van der Waals surface area contributed by atoms with E-state index in [1.54, 1.807) is 17.0 Å². The summed E-state index contributed by atoms with van der Waals surface area (Å²) in [5.74, 6) is -0.186. The summed E-state index contributed by atoms with van der Waals surface area (Å²) in [5.41, 5.74) is 1.30. The van der Waals surface area contributed by atoms with Crippen molar-refractivity contribution in [3.63, 3.8) is 0 Å². The molecule has 0 saturated heterocycles. The molecule has 0 saturated carbocycles. The molecule has 0 atom stereocenters. The van der Waals surface area contributed by atoms with E-state index < -0.39 is 10.0 Å². The lowest BCUT2D eigenvalue weighted by Gasteiger charge is -2.22. The first-order valence-electron chi connectivity index (χ1n) is 10.7. The normalized spacial score (nSPS) is 11.7. The van der Waals surface area contributed by atoms with Gasteiger partial charge in [-0.3, -0.25) is 9.69 Å². The molecule has 1 heterocycles. The maximum atomic E-state index is 13.4. The Balaban J connectivity index is 0.00000385. The molecule has 0 N–H and O–H groups in total. The second-order valence-electron chi connectivity index (χ2n) is 7.69. The molecule has 7 nitrogen and oxygen atoms in total. The lowest BCUT2D eigenvalue weighted by Crippen LogP contribution is -2.33. The van der Waals surface area contributed by atoms with Crippen molar-refractivity contribution in [1.82, 2.24) is 14.2 Å². The molecule has 0 unspecified atom stereocenters. The molecule has 0 fully saturated rings. The zero-order valence-corrected chi connectivity index (χ0v) is 21.8. The number of halogens is 1.